The molecular weight excluding hydrogens is 443 g/mol. The molecule has 26 heavy (non-hydrogen) atoms. The van der Waals surface area contributed by atoms with E-state index in [1.54, 1.807) is 7.11 Å². The lowest BCUT2D eigenvalue weighted by Crippen LogP contribution is -2.42. The summed E-state index contributed by atoms with van der Waals surface area (Å²) in [6.07, 6.45) is 6.46. The van der Waals surface area contributed by atoms with Crippen LogP contribution in [0, 0.1) is 0 Å². The minimum absolute atomic E-state index is 0. The normalized spacial score (nSPS) is 14.2. The number of rotatable bonds is 6. The number of halogens is 1. The fraction of sp³-hybridized carbons (Fsp3) is 0.389. The molecule has 1 aliphatic carbocycles. The van der Waals surface area contributed by atoms with Crippen molar-refractivity contribution in [2.45, 2.75) is 32.4 Å². The number of hydrogen-bond acceptors (Lipinski definition) is 4. The van der Waals surface area contributed by atoms with Gasteiger partial charge in [0, 0.05) is 18.2 Å². The van der Waals surface area contributed by atoms with Crippen LogP contribution in [0.5, 0.6) is 5.75 Å². The first kappa shape index (κ1) is 20.2. The fourth-order valence-electron chi connectivity index (χ4n) is 2.64. The SMILES string of the molecule is CCNC(=NCc1nc(-c2ccc(OC)cc2)n[nH]1)NC1CC=CC1.I. The molecule has 0 unspecified atom stereocenters. The molecule has 0 spiro atoms. The van der Waals surface area contributed by atoms with Gasteiger partial charge in [0.2, 0.25) is 0 Å². The number of hydrogen-bond donors (Lipinski definition) is 3. The Morgan fingerprint density at radius 1 is 1.27 bits per heavy atom. The molecule has 0 fully saturated rings. The third-order valence-corrected chi connectivity index (χ3v) is 3.96. The molecule has 7 nitrogen and oxygen atoms in total. The number of methoxy groups -OCH3 is 1. The number of aromatic amines is 1. The summed E-state index contributed by atoms with van der Waals surface area (Å²) in [6, 6.07) is 8.09. The molecule has 1 aromatic carbocycles. The summed E-state index contributed by atoms with van der Waals surface area (Å²) in [7, 11) is 1.65. The Balaban J connectivity index is 0.00000243. The molecular formula is C18H25IN6O. The lowest BCUT2D eigenvalue weighted by atomic mass is 10.2. The largest absolute Gasteiger partial charge is 0.497 e. The molecule has 1 aliphatic rings. The average molecular weight is 468 g/mol. The van der Waals surface area contributed by atoms with Gasteiger partial charge in [-0.25, -0.2) is 9.98 Å². The first-order chi connectivity index (χ1) is 12.3. The molecule has 0 saturated carbocycles. The van der Waals surface area contributed by atoms with Gasteiger partial charge in [-0.3, -0.25) is 5.10 Å². The summed E-state index contributed by atoms with van der Waals surface area (Å²) >= 11 is 0. The Labute approximate surface area is 170 Å². The van der Waals surface area contributed by atoms with Crippen LogP contribution < -0.4 is 15.4 Å². The second-order valence-electron chi connectivity index (χ2n) is 5.81. The third kappa shape index (κ3) is 5.45. The van der Waals surface area contributed by atoms with E-state index in [0.29, 0.717) is 18.4 Å². The fourth-order valence-corrected chi connectivity index (χ4v) is 2.64. The number of aliphatic imine (C=N–C) groups is 1. The highest BCUT2D eigenvalue weighted by molar-refractivity contribution is 14.0. The first-order valence-corrected chi connectivity index (χ1v) is 8.54. The molecule has 0 saturated heterocycles. The van der Waals surface area contributed by atoms with Crippen molar-refractivity contribution < 1.29 is 4.74 Å². The minimum atomic E-state index is 0. The zero-order valence-electron chi connectivity index (χ0n) is 15.0. The van der Waals surface area contributed by atoms with Crippen LogP contribution in [0.2, 0.25) is 0 Å². The third-order valence-electron chi connectivity index (χ3n) is 3.96. The second-order valence-corrected chi connectivity index (χ2v) is 5.81. The van der Waals surface area contributed by atoms with Crippen molar-refractivity contribution in [2.75, 3.05) is 13.7 Å². The standard InChI is InChI=1S/C18H24N6O.HI/c1-3-19-18(21-14-6-4-5-7-14)20-12-16-22-17(24-23-16)13-8-10-15(25-2)11-9-13;/h4-5,8-11,14H,3,6-7,12H2,1-2H3,(H2,19,20,21)(H,22,23,24);1H. The summed E-state index contributed by atoms with van der Waals surface area (Å²) in [5.74, 6) is 3.00. The highest BCUT2D eigenvalue weighted by atomic mass is 127. The van der Waals surface area contributed by atoms with Crippen LogP contribution in [0.4, 0.5) is 0 Å². The Hall–Kier alpha value is -2.10. The average Bonchev–Trinajstić information content (AvgIpc) is 3.32. The number of nitrogens with zero attached hydrogens (tertiary/aromatic N) is 3. The van der Waals surface area contributed by atoms with Gasteiger partial charge in [-0.2, -0.15) is 5.10 Å². The van der Waals surface area contributed by atoms with E-state index in [1.165, 1.54) is 0 Å². The van der Waals surface area contributed by atoms with E-state index in [2.05, 4.69) is 49.9 Å². The maximum atomic E-state index is 5.17. The number of ether oxygens (including phenoxy) is 1. The van der Waals surface area contributed by atoms with E-state index in [0.717, 1.165) is 42.5 Å². The lowest BCUT2D eigenvalue weighted by Gasteiger charge is -2.16. The van der Waals surface area contributed by atoms with E-state index in [9.17, 15) is 0 Å². The van der Waals surface area contributed by atoms with Crippen molar-refractivity contribution in [3.63, 3.8) is 0 Å². The monoisotopic (exact) mass is 468 g/mol. The number of H-pyrrole nitrogens is 1. The molecule has 140 valence electrons. The van der Waals surface area contributed by atoms with Crippen LogP contribution in [0.1, 0.15) is 25.6 Å². The molecule has 0 aliphatic heterocycles. The zero-order chi connectivity index (χ0) is 17.5. The zero-order valence-corrected chi connectivity index (χ0v) is 17.4. The molecule has 3 N–H and O–H groups in total. The predicted octanol–water partition coefficient (Wildman–Crippen LogP) is 2.87. The van der Waals surface area contributed by atoms with E-state index < -0.39 is 0 Å². The van der Waals surface area contributed by atoms with Gasteiger partial charge in [0.05, 0.1) is 7.11 Å². The summed E-state index contributed by atoms with van der Waals surface area (Å²) < 4.78 is 5.17. The smallest absolute Gasteiger partial charge is 0.191 e. The van der Waals surface area contributed by atoms with Crippen molar-refractivity contribution in [2.24, 2.45) is 4.99 Å². The molecule has 0 bridgehead atoms. The van der Waals surface area contributed by atoms with E-state index in [-0.39, 0.29) is 24.0 Å². The summed E-state index contributed by atoms with van der Waals surface area (Å²) in [5.41, 5.74) is 0.939. The molecule has 3 rings (SSSR count). The van der Waals surface area contributed by atoms with Crippen LogP contribution in [-0.2, 0) is 6.54 Å². The Bertz CT molecular complexity index is 732. The molecule has 0 atom stereocenters. The lowest BCUT2D eigenvalue weighted by molar-refractivity contribution is 0.415. The van der Waals surface area contributed by atoms with Crippen LogP contribution in [-0.4, -0.2) is 40.8 Å². The molecule has 2 aromatic rings. The van der Waals surface area contributed by atoms with Crippen LogP contribution in [0.15, 0.2) is 41.4 Å². The van der Waals surface area contributed by atoms with Crippen molar-refractivity contribution in [3.8, 4) is 17.1 Å². The minimum Gasteiger partial charge on any atom is -0.497 e. The van der Waals surface area contributed by atoms with Gasteiger partial charge in [-0.15, -0.1) is 24.0 Å². The summed E-state index contributed by atoms with van der Waals surface area (Å²) in [4.78, 5) is 9.11. The second kappa shape index (κ2) is 10.1. The number of guanidine groups is 1. The van der Waals surface area contributed by atoms with Crippen LogP contribution in [0.25, 0.3) is 11.4 Å². The Kier molecular flexibility index (Phi) is 7.89. The van der Waals surface area contributed by atoms with Gasteiger partial charge in [0.1, 0.15) is 18.1 Å². The highest BCUT2D eigenvalue weighted by Gasteiger charge is 2.12. The molecule has 1 heterocycles. The Morgan fingerprint density at radius 2 is 2.00 bits per heavy atom. The number of nitrogens with one attached hydrogen (secondary N) is 3. The molecule has 8 heteroatoms. The molecule has 0 amide bonds. The maximum absolute atomic E-state index is 5.17. The topological polar surface area (TPSA) is 87.2 Å². The van der Waals surface area contributed by atoms with E-state index in [4.69, 9.17) is 4.74 Å². The van der Waals surface area contributed by atoms with Gasteiger partial charge < -0.3 is 15.4 Å². The van der Waals surface area contributed by atoms with Crippen molar-refractivity contribution in [1.29, 1.82) is 0 Å². The quantitative estimate of drug-likeness (QED) is 0.263. The van der Waals surface area contributed by atoms with Gasteiger partial charge in [-0.05, 0) is 44.0 Å². The van der Waals surface area contributed by atoms with Crippen LogP contribution >= 0.6 is 24.0 Å². The van der Waals surface area contributed by atoms with E-state index in [1.807, 2.05) is 24.3 Å². The Morgan fingerprint density at radius 3 is 2.65 bits per heavy atom. The number of aromatic nitrogens is 3. The number of benzene rings is 1. The first-order valence-electron chi connectivity index (χ1n) is 8.54. The van der Waals surface area contributed by atoms with Crippen molar-refractivity contribution in [1.82, 2.24) is 25.8 Å². The van der Waals surface area contributed by atoms with Gasteiger partial charge in [0.25, 0.3) is 0 Å². The predicted molar refractivity (Wildman–Crippen MR) is 114 cm³/mol. The molecule has 0 radical (unpaired) electrons. The summed E-state index contributed by atoms with van der Waals surface area (Å²) in [6.45, 7) is 3.32. The van der Waals surface area contributed by atoms with Gasteiger partial charge >= 0.3 is 0 Å². The van der Waals surface area contributed by atoms with E-state index >= 15 is 0 Å². The van der Waals surface area contributed by atoms with Crippen LogP contribution in [0.3, 0.4) is 0 Å². The van der Waals surface area contributed by atoms with Gasteiger partial charge in [0.15, 0.2) is 11.8 Å². The summed E-state index contributed by atoms with van der Waals surface area (Å²) in [5, 5.41) is 13.9. The van der Waals surface area contributed by atoms with Crippen molar-refractivity contribution in [3.05, 3.63) is 42.2 Å². The van der Waals surface area contributed by atoms with Crippen molar-refractivity contribution >= 4 is 29.9 Å². The van der Waals surface area contributed by atoms with Gasteiger partial charge in [-0.1, -0.05) is 12.2 Å². The highest BCUT2D eigenvalue weighted by Crippen LogP contribution is 2.19. The molecule has 1 aromatic heterocycles. The maximum Gasteiger partial charge on any atom is 0.191 e.